The third-order valence-corrected chi connectivity index (χ3v) is 2.46. The van der Waals surface area contributed by atoms with Crippen molar-refractivity contribution >= 4 is 11.6 Å². The van der Waals surface area contributed by atoms with E-state index < -0.39 is 0 Å². The van der Waals surface area contributed by atoms with Crippen LogP contribution in [0.25, 0.3) is 0 Å². The van der Waals surface area contributed by atoms with Crippen molar-refractivity contribution in [3.05, 3.63) is 35.0 Å². The van der Waals surface area contributed by atoms with Crippen molar-refractivity contribution in [1.29, 1.82) is 0 Å². The number of carbonyl (C=O) groups is 1. The normalized spacial score (nSPS) is 10.4. The van der Waals surface area contributed by atoms with Crippen molar-refractivity contribution in [2.45, 2.75) is 20.8 Å². The van der Waals surface area contributed by atoms with Crippen molar-refractivity contribution in [1.82, 2.24) is 10.2 Å². The summed E-state index contributed by atoms with van der Waals surface area (Å²) in [5.41, 5.74) is 2.92. The zero-order chi connectivity index (χ0) is 11.7. The van der Waals surface area contributed by atoms with E-state index in [0.717, 1.165) is 11.3 Å². The molecule has 0 fully saturated rings. The van der Waals surface area contributed by atoms with Gasteiger partial charge in [0.05, 0.1) is 29.4 Å². The van der Waals surface area contributed by atoms with Crippen LogP contribution in [0, 0.1) is 20.8 Å². The minimum Gasteiger partial charge on any atom is -0.469 e. The van der Waals surface area contributed by atoms with Gasteiger partial charge in [-0.3, -0.25) is 9.89 Å². The first kappa shape index (κ1) is 10.5. The fraction of sp³-hybridized carbons (Fsp3) is 0.273. The average molecular weight is 219 g/mol. The Morgan fingerprint density at radius 1 is 1.44 bits per heavy atom. The number of furan rings is 1. The Balaban J connectivity index is 2.25. The number of rotatable bonds is 2. The molecule has 2 aromatic heterocycles. The highest BCUT2D eigenvalue weighted by atomic mass is 16.3. The number of aryl methyl sites for hydroxylation is 3. The molecule has 0 bridgehead atoms. The van der Waals surface area contributed by atoms with Crippen molar-refractivity contribution in [3.8, 4) is 0 Å². The molecule has 0 unspecified atom stereocenters. The van der Waals surface area contributed by atoms with Crippen LogP contribution >= 0.6 is 0 Å². The third-order valence-electron chi connectivity index (χ3n) is 2.46. The first-order valence-corrected chi connectivity index (χ1v) is 4.95. The van der Waals surface area contributed by atoms with E-state index in [-0.39, 0.29) is 5.91 Å². The van der Waals surface area contributed by atoms with Crippen molar-refractivity contribution in [3.63, 3.8) is 0 Å². The van der Waals surface area contributed by atoms with Crippen LogP contribution in [0.2, 0.25) is 0 Å². The lowest BCUT2D eigenvalue weighted by atomic mass is 10.1. The van der Waals surface area contributed by atoms with Gasteiger partial charge < -0.3 is 9.73 Å². The van der Waals surface area contributed by atoms with Gasteiger partial charge in [0.2, 0.25) is 0 Å². The zero-order valence-electron chi connectivity index (χ0n) is 9.42. The molecule has 5 nitrogen and oxygen atoms in total. The van der Waals surface area contributed by atoms with Crippen molar-refractivity contribution < 1.29 is 9.21 Å². The van der Waals surface area contributed by atoms with Crippen LogP contribution in [-0.2, 0) is 0 Å². The number of H-pyrrole nitrogens is 1. The number of aromatic amines is 1. The first-order valence-electron chi connectivity index (χ1n) is 4.95. The van der Waals surface area contributed by atoms with E-state index in [4.69, 9.17) is 4.42 Å². The lowest BCUT2D eigenvalue weighted by Crippen LogP contribution is -2.13. The van der Waals surface area contributed by atoms with E-state index >= 15 is 0 Å². The number of nitrogens with one attached hydrogen (secondary N) is 2. The molecule has 1 amide bonds. The number of hydrogen-bond acceptors (Lipinski definition) is 3. The molecular formula is C11H13N3O2. The Bertz CT molecular complexity index is 506. The molecule has 2 aromatic rings. The van der Waals surface area contributed by atoms with Gasteiger partial charge in [-0.1, -0.05) is 0 Å². The summed E-state index contributed by atoms with van der Waals surface area (Å²) in [6.07, 6.45) is 3.16. The minimum absolute atomic E-state index is 0.173. The molecule has 2 N–H and O–H groups in total. The largest absolute Gasteiger partial charge is 0.469 e. The highest BCUT2D eigenvalue weighted by Crippen LogP contribution is 2.18. The molecule has 0 aliphatic carbocycles. The van der Waals surface area contributed by atoms with Gasteiger partial charge in [0, 0.05) is 5.56 Å². The van der Waals surface area contributed by atoms with E-state index in [1.54, 1.807) is 19.4 Å². The summed E-state index contributed by atoms with van der Waals surface area (Å²) in [5.74, 6) is 0.449. The first-order chi connectivity index (χ1) is 7.59. The molecule has 2 heterocycles. The van der Waals surface area contributed by atoms with Gasteiger partial charge in [0.1, 0.15) is 5.76 Å². The molecule has 84 valence electrons. The standard InChI is InChI=1S/C11H13N3O2/c1-6-5-16-8(3)10(6)11(15)13-9-4-12-14-7(9)2/h4-5H,1-3H3,(H,12,14)(H,13,15). The van der Waals surface area contributed by atoms with Gasteiger partial charge in [0.15, 0.2) is 0 Å². The van der Waals surface area contributed by atoms with E-state index in [2.05, 4.69) is 15.5 Å². The molecule has 0 atom stereocenters. The summed E-state index contributed by atoms with van der Waals surface area (Å²) in [6, 6.07) is 0. The van der Waals surface area contributed by atoms with Gasteiger partial charge in [-0.25, -0.2) is 0 Å². The topological polar surface area (TPSA) is 70.9 Å². The molecule has 0 radical (unpaired) electrons. The lowest BCUT2D eigenvalue weighted by molar-refractivity contribution is 0.102. The minimum atomic E-state index is -0.173. The Kier molecular flexibility index (Phi) is 2.52. The van der Waals surface area contributed by atoms with Gasteiger partial charge in [-0.2, -0.15) is 5.10 Å². The van der Waals surface area contributed by atoms with Crippen LogP contribution in [0.4, 0.5) is 5.69 Å². The van der Waals surface area contributed by atoms with E-state index in [0.29, 0.717) is 17.0 Å². The second-order valence-corrected chi connectivity index (χ2v) is 3.71. The molecule has 0 spiro atoms. The molecule has 5 heteroatoms. The maximum atomic E-state index is 12.0. The number of aromatic nitrogens is 2. The highest BCUT2D eigenvalue weighted by Gasteiger charge is 2.16. The Morgan fingerprint density at radius 3 is 2.69 bits per heavy atom. The summed E-state index contributed by atoms with van der Waals surface area (Å²) in [5, 5.41) is 9.38. The predicted octanol–water partition coefficient (Wildman–Crippen LogP) is 2.18. The summed E-state index contributed by atoms with van der Waals surface area (Å²) in [7, 11) is 0. The SMILES string of the molecule is Cc1coc(C)c1C(=O)Nc1cn[nH]c1C. The van der Waals surface area contributed by atoms with Gasteiger partial charge in [-0.05, 0) is 20.8 Å². The summed E-state index contributed by atoms with van der Waals surface area (Å²) >= 11 is 0. The van der Waals surface area contributed by atoms with Gasteiger partial charge >= 0.3 is 0 Å². The summed E-state index contributed by atoms with van der Waals surface area (Å²) < 4.78 is 5.18. The number of hydrogen-bond donors (Lipinski definition) is 2. The second kappa shape index (κ2) is 3.84. The lowest BCUT2D eigenvalue weighted by Gasteiger charge is -2.03. The molecule has 0 aliphatic heterocycles. The maximum Gasteiger partial charge on any atom is 0.259 e. The number of amides is 1. The van der Waals surface area contributed by atoms with Gasteiger partial charge in [0.25, 0.3) is 5.91 Å². The van der Waals surface area contributed by atoms with E-state index in [1.807, 2.05) is 13.8 Å². The number of carbonyl (C=O) groups excluding carboxylic acids is 1. The second-order valence-electron chi connectivity index (χ2n) is 3.71. The maximum absolute atomic E-state index is 12.0. The van der Waals surface area contributed by atoms with Gasteiger partial charge in [-0.15, -0.1) is 0 Å². The quantitative estimate of drug-likeness (QED) is 0.813. The highest BCUT2D eigenvalue weighted by molar-refractivity contribution is 6.06. The van der Waals surface area contributed by atoms with Crippen LogP contribution in [0.3, 0.4) is 0 Å². The molecular weight excluding hydrogens is 206 g/mol. The van der Waals surface area contributed by atoms with E-state index in [9.17, 15) is 4.79 Å². The van der Waals surface area contributed by atoms with Crippen molar-refractivity contribution in [2.75, 3.05) is 5.32 Å². The zero-order valence-corrected chi connectivity index (χ0v) is 9.42. The van der Waals surface area contributed by atoms with Crippen LogP contribution in [0.1, 0.15) is 27.4 Å². The van der Waals surface area contributed by atoms with Crippen LogP contribution in [-0.4, -0.2) is 16.1 Å². The molecule has 16 heavy (non-hydrogen) atoms. The fourth-order valence-electron chi connectivity index (χ4n) is 1.57. The van der Waals surface area contributed by atoms with Crippen molar-refractivity contribution in [2.24, 2.45) is 0 Å². The van der Waals surface area contributed by atoms with E-state index in [1.165, 1.54) is 0 Å². The molecule has 0 aliphatic rings. The smallest absolute Gasteiger partial charge is 0.259 e. The Labute approximate surface area is 92.9 Å². The Hall–Kier alpha value is -2.04. The number of anilines is 1. The molecule has 0 saturated carbocycles. The molecule has 2 rings (SSSR count). The summed E-state index contributed by atoms with van der Waals surface area (Å²) in [6.45, 7) is 5.45. The predicted molar refractivity (Wildman–Crippen MR) is 59.5 cm³/mol. The molecule has 0 aromatic carbocycles. The monoisotopic (exact) mass is 219 g/mol. The average Bonchev–Trinajstić information content (AvgIpc) is 2.75. The van der Waals surface area contributed by atoms with Crippen LogP contribution in [0.15, 0.2) is 16.9 Å². The van der Waals surface area contributed by atoms with Crippen LogP contribution in [0.5, 0.6) is 0 Å². The third kappa shape index (κ3) is 1.71. The summed E-state index contributed by atoms with van der Waals surface area (Å²) in [4.78, 5) is 12.0. The fourth-order valence-corrected chi connectivity index (χ4v) is 1.57. The molecule has 0 saturated heterocycles. The van der Waals surface area contributed by atoms with Crippen LogP contribution < -0.4 is 5.32 Å². The Morgan fingerprint density at radius 2 is 2.19 bits per heavy atom. The number of nitrogens with zero attached hydrogens (tertiary/aromatic N) is 1.